The first kappa shape index (κ1) is 25.0. The minimum absolute atomic E-state index is 0.392. The second-order valence-corrected chi connectivity index (χ2v) is 9.49. The maximum Gasteiger partial charge on any atom is 0.118 e. The highest BCUT2D eigenvalue weighted by atomic mass is 16.5. The summed E-state index contributed by atoms with van der Waals surface area (Å²) in [5.41, 5.74) is 5.55. The van der Waals surface area contributed by atoms with E-state index >= 15 is 0 Å². The molecule has 1 atom stereocenters. The summed E-state index contributed by atoms with van der Waals surface area (Å²) in [5.74, 6) is 2.14. The summed E-state index contributed by atoms with van der Waals surface area (Å²) in [7, 11) is 3.92. The molecule has 1 heterocycles. The van der Waals surface area contributed by atoms with Crippen molar-refractivity contribution < 1.29 is 4.74 Å². The van der Waals surface area contributed by atoms with Gasteiger partial charge in [0.25, 0.3) is 0 Å². The zero-order valence-corrected chi connectivity index (χ0v) is 20.9. The fourth-order valence-electron chi connectivity index (χ4n) is 4.60. The standard InChI is InChI=1S/C30H40N2O/c1-23-9-6-7-12-29(23)30(24(2)10-8-11-26-19-21-32(4)22-20-26)31-25(3)13-14-27-15-17-28(33-5)18-16-27/h6-7,9,12-18,24,26H,3,8,10-11,19-22H2,1-2,4-5H3/b14-13+,31-30?. The predicted molar refractivity (Wildman–Crippen MR) is 142 cm³/mol. The summed E-state index contributed by atoms with van der Waals surface area (Å²) < 4.78 is 5.24. The quantitative estimate of drug-likeness (QED) is 0.287. The molecule has 0 spiro atoms. The highest BCUT2D eigenvalue weighted by Crippen LogP contribution is 2.25. The van der Waals surface area contributed by atoms with Crippen LogP contribution in [0.5, 0.6) is 5.75 Å². The minimum atomic E-state index is 0.392. The van der Waals surface area contributed by atoms with Gasteiger partial charge < -0.3 is 9.64 Å². The summed E-state index contributed by atoms with van der Waals surface area (Å²) in [6.45, 7) is 11.2. The number of hydrogen-bond donors (Lipinski definition) is 0. The lowest BCUT2D eigenvalue weighted by Gasteiger charge is -2.29. The Labute approximate surface area is 200 Å². The number of methoxy groups -OCH3 is 1. The molecular weight excluding hydrogens is 404 g/mol. The zero-order chi connectivity index (χ0) is 23.6. The van der Waals surface area contributed by atoms with E-state index in [0.717, 1.165) is 35.1 Å². The largest absolute Gasteiger partial charge is 0.497 e. The van der Waals surface area contributed by atoms with Crippen molar-refractivity contribution in [2.24, 2.45) is 16.8 Å². The molecule has 2 aromatic rings. The van der Waals surface area contributed by atoms with Crippen molar-refractivity contribution in [3.05, 3.63) is 83.6 Å². The van der Waals surface area contributed by atoms with Gasteiger partial charge in [-0.15, -0.1) is 0 Å². The van der Waals surface area contributed by atoms with Gasteiger partial charge in [-0.3, -0.25) is 4.99 Å². The van der Waals surface area contributed by atoms with E-state index in [1.165, 1.54) is 49.9 Å². The molecule has 3 heteroatoms. The molecule has 176 valence electrons. The third-order valence-electron chi connectivity index (χ3n) is 6.82. The Morgan fingerprint density at radius 3 is 2.52 bits per heavy atom. The van der Waals surface area contributed by atoms with Gasteiger partial charge in [-0.25, -0.2) is 0 Å². The second kappa shape index (κ2) is 12.6. The average molecular weight is 445 g/mol. The monoisotopic (exact) mass is 444 g/mol. The third kappa shape index (κ3) is 7.71. The van der Waals surface area contributed by atoms with E-state index in [1.807, 2.05) is 30.3 Å². The molecule has 1 aliphatic rings. The van der Waals surface area contributed by atoms with Gasteiger partial charge in [-0.2, -0.15) is 0 Å². The zero-order valence-electron chi connectivity index (χ0n) is 20.9. The molecule has 1 fully saturated rings. The number of benzene rings is 2. The van der Waals surface area contributed by atoms with Crippen LogP contribution >= 0.6 is 0 Å². The molecule has 33 heavy (non-hydrogen) atoms. The number of allylic oxidation sites excluding steroid dienone is 1. The Balaban J connectivity index is 1.69. The normalized spacial score (nSPS) is 16.8. The van der Waals surface area contributed by atoms with Gasteiger partial charge in [0.2, 0.25) is 0 Å². The van der Waals surface area contributed by atoms with Gasteiger partial charge in [-0.1, -0.05) is 68.8 Å². The van der Waals surface area contributed by atoms with Gasteiger partial charge in [-0.05, 0) is 93.1 Å². The maximum absolute atomic E-state index is 5.24. The van der Waals surface area contributed by atoms with Crippen molar-refractivity contribution in [2.75, 3.05) is 27.2 Å². The van der Waals surface area contributed by atoms with Crippen LogP contribution in [-0.2, 0) is 0 Å². The number of aryl methyl sites for hydroxylation is 1. The Bertz CT molecular complexity index is 950. The van der Waals surface area contributed by atoms with Crippen molar-refractivity contribution in [3.63, 3.8) is 0 Å². The van der Waals surface area contributed by atoms with Gasteiger partial charge in [0, 0.05) is 0 Å². The van der Waals surface area contributed by atoms with Crippen LogP contribution in [0.3, 0.4) is 0 Å². The lowest BCUT2D eigenvalue weighted by Crippen LogP contribution is -2.30. The van der Waals surface area contributed by atoms with E-state index in [-0.39, 0.29) is 0 Å². The molecule has 0 bridgehead atoms. The van der Waals surface area contributed by atoms with Crippen LogP contribution in [0, 0.1) is 18.8 Å². The molecule has 3 rings (SSSR count). The van der Waals surface area contributed by atoms with E-state index in [4.69, 9.17) is 9.73 Å². The van der Waals surface area contributed by atoms with E-state index < -0.39 is 0 Å². The molecule has 3 nitrogen and oxygen atoms in total. The summed E-state index contributed by atoms with van der Waals surface area (Å²) >= 11 is 0. The molecule has 1 unspecified atom stereocenters. The number of hydrogen-bond acceptors (Lipinski definition) is 3. The average Bonchev–Trinajstić information content (AvgIpc) is 2.83. The third-order valence-corrected chi connectivity index (χ3v) is 6.82. The summed E-state index contributed by atoms with van der Waals surface area (Å²) in [5, 5.41) is 0. The van der Waals surface area contributed by atoms with Crippen molar-refractivity contribution >= 4 is 11.8 Å². The predicted octanol–water partition coefficient (Wildman–Crippen LogP) is 7.17. The van der Waals surface area contributed by atoms with Crippen molar-refractivity contribution in [1.82, 2.24) is 4.90 Å². The fraction of sp³-hybridized carbons (Fsp3) is 0.433. The first-order valence-corrected chi connectivity index (χ1v) is 12.3. The van der Waals surface area contributed by atoms with Crippen molar-refractivity contribution in [2.45, 2.75) is 46.0 Å². The Hall–Kier alpha value is -2.65. The Morgan fingerprint density at radius 1 is 1.15 bits per heavy atom. The highest BCUT2D eigenvalue weighted by Gasteiger charge is 2.19. The van der Waals surface area contributed by atoms with Gasteiger partial charge in [0.1, 0.15) is 5.75 Å². The number of piperidine rings is 1. The molecule has 1 aliphatic heterocycles. The van der Waals surface area contributed by atoms with Gasteiger partial charge in [0.05, 0.1) is 18.5 Å². The SMILES string of the molecule is C=C(/C=C/c1ccc(OC)cc1)N=C(c1ccccc1C)C(C)CCCC1CCN(C)CC1. The van der Waals surface area contributed by atoms with Crippen LogP contribution < -0.4 is 4.74 Å². The molecule has 2 aromatic carbocycles. The maximum atomic E-state index is 5.24. The Morgan fingerprint density at radius 2 is 1.85 bits per heavy atom. The van der Waals surface area contributed by atoms with Crippen molar-refractivity contribution in [3.8, 4) is 5.75 Å². The smallest absolute Gasteiger partial charge is 0.118 e. The second-order valence-electron chi connectivity index (χ2n) is 9.49. The van der Waals surface area contributed by atoms with E-state index in [2.05, 4.69) is 62.7 Å². The van der Waals surface area contributed by atoms with Crippen molar-refractivity contribution in [1.29, 1.82) is 0 Å². The number of nitrogens with zero attached hydrogens (tertiary/aromatic N) is 2. The molecule has 1 saturated heterocycles. The highest BCUT2D eigenvalue weighted by molar-refractivity contribution is 6.03. The number of aliphatic imine (C=N–C) groups is 1. The lowest BCUT2D eigenvalue weighted by atomic mass is 9.87. The summed E-state index contributed by atoms with van der Waals surface area (Å²) in [6, 6.07) is 16.6. The van der Waals surface area contributed by atoms with Crippen LogP contribution in [0.1, 0.15) is 55.7 Å². The van der Waals surface area contributed by atoms with E-state index in [0.29, 0.717) is 5.92 Å². The topological polar surface area (TPSA) is 24.8 Å². The number of likely N-dealkylation sites (tertiary alicyclic amines) is 1. The molecule has 0 amide bonds. The fourth-order valence-corrected chi connectivity index (χ4v) is 4.60. The van der Waals surface area contributed by atoms with E-state index in [1.54, 1.807) is 7.11 Å². The first-order valence-electron chi connectivity index (χ1n) is 12.3. The van der Waals surface area contributed by atoms with E-state index in [9.17, 15) is 0 Å². The molecular formula is C30H40N2O. The van der Waals surface area contributed by atoms with Crippen LogP contribution in [0.4, 0.5) is 0 Å². The molecule has 0 radical (unpaired) electrons. The van der Waals surface area contributed by atoms with Crippen LogP contribution in [-0.4, -0.2) is 37.9 Å². The van der Waals surface area contributed by atoms with Crippen LogP contribution in [0.15, 0.2) is 71.9 Å². The van der Waals surface area contributed by atoms with Crippen LogP contribution in [0.2, 0.25) is 0 Å². The van der Waals surface area contributed by atoms with Gasteiger partial charge >= 0.3 is 0 Å². The lowest BCUT2D eigenvalue weighted by molar-refractivity contribution is 0.209. The molecule has 0 aromatic heterocycles. The minimum Gasteiger partial charge on any atom is -0.497 e. The first-order chi connectivity index (χ1) is 16.0. The number of rotatable bonds is 10. The summed E-state index contributed by atoms with van der Waals surface area (Å²) in [4.78, 5) is 7.49. The summed E-state index contributed by atoms with van der Waals surface area (Å²) in [6.07, 6.45) is 10.5. The molecule has 0 saturated carbocycles. The van der Waals surface area contributed by atoms with Crippen LogP contribution in [0.25, 0.3) is 6.08 Å². The molecule has 0 aliphatic carbocycles. The Kier molecular flexibility index (Phi) is 9.50. The number of ether oxygens (including phenoxy) is 1. The van der Waals surface area contributed by atoms with Gasteiger partial charge in [0.15, 0.2) is 0 Å². The molecule has 0 N–H and O–H groups in total.